The number of hydrogen-bond donors (Lipinski definition) is 2. The minimum absolute atomic E-state index is 0.176. The van der Waals surface area contributed by atoms with Gasteiger partial charge >= 0.3 is 5.69 Å². The number of aromatic nitrogens is 4. The van der Waals surface area contributed by atoms with Crippen LogP contribution in [-0.4, -0.2) is 43.6 Å². The largest absolute Gasteiger partial charge is 0.343 e. The Bertz CT molecular complexity index is 961. The first-order valence-electron chi connectivity index (χ1n) is 9.46. The highest BCUT2D eigenvalue weighted by Crippen LogP contribution is 2.22. The van der Waals surface area contributed by atoms with Crippen LogP contribution in [0.2, 0.25) is 0 Å². The average Bonchev–Trinajstić information content (AvgIpc) is 2.99. The second kappa shape index (κ2) is 7.54. The molecule has 0 aliphatic carbocycles. The van der Waals surface area contributed by atoms with Crippen LogP contribution in [0.1, 0.15) is 52.8 Å². The molecule has 0 radical (unpaired) electrons. The van der Waals surface area contributed by atoms with Crippen molar-refractivity contribution in [2.75, 3.05) is 13.1 Å². The predicted molar refractivity (Wildman–Crippen MR) is 102 cm³/mol. The Hall–Kier alpha value is -2.64. The van der Waals surface area contributed by atoms with Gasteiger partial charge in [-0.2, -0.15) is 5.10 Å². The number of amides is 1. The van der Waals surface area contributed by atoms with Gasteiger partial charge in [0, 0.05) is 31.7 Å². The monoisotopic (exact) mass is 373 g/mol. The highest BCUT2D eigenvalue weighted by atomic mass is 16.2. The van der Waals surface area contributed by atoms with Crippen LogP contribution >= 0.6 is 0 Å². The molecule has 2 aromatic rings. The fraction of sp³-hybridized carbons (Fsp3) is 0.579. The van der Waals surface area contributed by atoms with Crippen LogP contribution < -0.4 is 11.2 Å². The molecule has 0 bridgehead atoms. The second-order valence-corrected chi connectivity index (χ2v) is 7.33. The van der Waals surface area contributed by atoms with Crippen molar-refractivity contribution >= 4 is 5.91 Å². The van der Waals surface area contributed by atoms with E-state index in [1.807, 2.05) is 27.7 Å². The molecule has 1 aliphatic heterocycles. The van der Waals surface area contributed by atoms with Gasteiger partial charge in [0.1, 0.15) is 11.4 Å². The zero-order valence-electron chi connectivity index (χ0n) is 16.4. The summed E-state index contributed by atoms with van der Waals surface area (Å²) in [5, 5.41) is 6.63. The first-order chi connectivity index (χ1) is 12.8. The van der Waals surface area contributed by atoms with Crippen LogP contribution in [0.25, 0.3) is 0 Å². The minimum atomic E-state index is -0.314. The van der Waals surface area contributed by atoms with Crippen LogP contribution in [0, 0.1) is 26.7 Å². The standard InChI is InChI=1S/C19H27N5O3/c1-5-24-15(21-22-19(24)27)10-14-6-8-23(9-7-14)18(26)16-12(3)11(2)13(4)20-17(16)25/h14H,5-10H2,1-4H3,(H,20,25)(H,22,27). The molecule has 3 rings (SSSR count). The Labute approximate surface area is 157 Å². The number of piperidine rings is 1. The molecular weight excluding hydrogens is 346 g/mol. The van der Waals surface area contributed by atoms with E-state index >= 15 is 0 Å². The van der Waals surface area contributed by atoms with Crippen molar-refractivity contribution in [2.24, 2.45) is 5.92 Å². The van der Waals surface area contributed by atoms with Gasteiger partial charge < -0.3 is 9.88 Å². The van der Waals surface area contributed by atoms with Crippen LogP contribution in [0.4, 0.5) is 0 Å². The molecule has 27 heavy (non-hydrogen) atoms. The number of rotatable bonds is 4. The van der Waals surface area contributed by atoms with Gasteiger partial charge in [0.25, 0.3) is 11.5 Å². The number of nitrogens with one attached hydrogen (secondary N) is 2. The second-order valence-electron chi connectivity index (χ2n) is 7.33. The summed E-state index contributed by atoms with van der Waals surface area (Å²) < 4.78 is 1.65. The molecule has 3 heterocycles. The lowest BCUT2D eigenvalue weighted by atomic mass is 9.92. The molecule has 1 aliphatic rings. The van der Waals surface area contributed by atoms with Crippen molar-refractivity contribution < 1.29 is 4.79 Å². The molecule has 8 heteroatoms. The van der Waals surface area contributed by atoms with Crippen LogP contribution in [0.3, 0.4) is 0 Å². The van der Waals surface area contributed by atoms with Crippen molar-refractivity contribution in [2.45, 2.75) is 53.5 Å². The fourth-order valence-electron chi connectivity index (χ4n) is 3.81. The SMILES string of the molecule is CCn1c(CC2CCN(C(=O)c3c(C)c(C)c(C)[nH]c3=O)CC2)n[nH]c1=O. The molecule has 2 N–H and O–H groups in total. The van der Waals surface area contributed by atoms with Crippen molar-refractivity contribution in [3.05, 3.63) is 49.0 Å². The van der Waals surface area contributed by atoms with Gasteiger partial charge in [-0.3, -0.25) is 14.2 Å². The molecule has 2 aromatic heterocycles. The lowest BCUT2D eigenvalue weighted by molar-refractivity contribution is 0.0686. The van der Waals surface area contributed by atoms with Gasteiger partial charge in [0.05, 0.1) is 0 Å². The average molecular weight is 373 g/mol. The summed E-state index contributed by atoms with van der Waals surface area (Å²) in [5.74, 6) is 0.947. The van der Waals surface area contributed by atoms with E-state index in [1.54, 1.807) is 9.47 Å². The molecular formula is C19H27N5O3. The molecule has 1 saturated heterocycles. The zero-order valence-corrected chi connectivity index (χ0v) is 16.4. The number of H-pyrrole nitrogens is 2. The first kappa shape index (κ1) is 19.1. The quantitative estimate of drug-likeness (QED) is 0.843. The van der Waals surface area contributed by atoms with Crippen LogP contribution in [-0.2, 0) is 13.0 Å². The normalized spacial score (nSPS) is 15.3. The van der Waals surface area contributed by atoms with Crippen molar-refractivity contribution in [3.8, 4) is 0 Å². The smallest absolute Gasteiger partial charge is 0.338 e. The third kappa shape index (κ3) is 3.61. The van der Waals surface area contributed by atoms with Gasteiger partial charge in [-0.15, -0.1) is 0 Å². The Morgan fingerprint density at radius 2 is 1.81 bits per heavy atom. The summed E-state index contributed by atoms with van der Waals surface area (Å²) in [6.45, 7) is 9.32. The Morgan fingerprint density at radius 1 is 1.15 bits per heavy atom. The number of carbonyl (C=O) groups is 1. The third-order valence-corrected chi connectivity index (χ3v) is 5.77. The van der Waals surface area contributed by atoms with Gasteiger partial charge in [0.2, 0.25) is 0 Å². The number of hydrogen-bond acceptors (Lipinski definition) is 4. The molecule has 1 fully saturated rings. The summed E-state index contributed by atoms with van der Waals surface area (Å²) in [6.07, 6.45) is 2.38. The number of aryl methyl sites for hydroxylation is 1. The summed E-state index contributed by atoms with van der Waals surface area (Å²) in [4.78, 5) is 41.5. The van der Waals surface area contributed by atoms with E-state index in [-0.39, 0.29) is 22.7 Å². The van der Waals surface area contributed by atoms with Crippen molar-refractivity contribution in [1.29, 1.82) is 0 Å². The molecule has 0 atom stereocenters. The zero-order chi connectivity index (χ0) is 19.7. The first-order valence-corrected chi connectivity index (χ1v) is 9.46. The third-order valence-electron chi connectivity index (χ3n) is 5.77. The van der Waals surface area contributed by atoms with Crippen molar-refractivity contribution in [1.82, 2.24) is 24.6 Å². The number of carbonyl (C=O) groups excluding carboxylic acids is 1. The van der Waals surface area contributed by atoms with Gasteiger partial charge in [-0.05, 0) is 57.6 Å². The molecule has 1 amide bonds. The van der Waals surface area contributed by atoms with Gasteiger partial charge in [-0.1, -0.05) is 0 Å². The maximum absolute atomic E-state index is 12.9. The maximum atomic E-state index is 12.9. The van der Waals surface area contributed by atoms with E-state index in [4.69, 9.17) is 0 Å². The number of nitrogens with zero attached hydrogens (tertiary/aromatic N) is 3. The van der Waals surface area contributed by atoms with E-state index in [0.717, 1.165) is 41.9 Å². The molecule has 0 spiro atoms. The van der Waals surface area contributed by atoms with Crippen molar-refractivity contribution in [3.63, 3.8) is 0 Å². The molecule has 8 nitrogen and oxygen atoms in total. The Morgan fingerprint density at radius 3 is 2.44 bits per heavy atom. The molecule has 146 valence electrons. The van der Waals surface area contributed by atoms with E-state index in [1.165, 1.54) is 0 Å². The van der Waals surface area contributed by atoms with E-state index in [0.29, 0.717) is 25.6 Å². The Balaban J connectivity index is 1.69. The lowest BCUT2D eigenvalue weighted by Gasteiger charge is -2.32. The summed E-state index contributed by atoms with van der Waals surface area (Å²) in [6, 6.07) is 0. The molecule has 0 unspecified atom stereocenters. The van der Waals surface area contributed by atoms with E-state index < -0.39 is 0 Å². The summed E-state index contributed by atoms with van der Waals surface area (Å²) >= 11 is 0. The fourth-order valence-corrected chi connectivity index (χ4v) is 3.81. The molecule has 0 saturated carbocycles. The topological polar surface area (TPSA) is 104 Å². The minimum Gasteiger partial charge on any atom is -0.338 e. The number of aromatic amines is 2. The predicted octanol–water partition coefficient (Wildman–Crippen LogP) is 1.30. The lowest BCUT2D eigenvalue weighted by Crippen LogP contribution is -2.41. The van der Waals surface area contributed by atoms with E-state index in [2.05, 4.69) is 15.2 Å². The van der Waals surface area contributed by atoms with Crippen LogP contribution in [0.5, 0.6) is 0 Å². The van der Waals surface area contributed by atoms with Gasteiger partial charge in [0.15, 0.2) is 0 Å². The maximum Gasteiger partial charge on any atom is 0.343 e. The summed E-state index contributed by atoms with van der Waals surface area (Å²) in [5.41, 5.74) is 2.27. The van der Waals surface area contributed by atoms with Gasteiger partial charge in [-0.25, -0.2) is 9.89 Å². The summed E-state index contributed by atoms with van der Waals surface area (Å²) in [7, 11) is 0. The highest BCUT2D eigenvalue weighted by Gasteiger charge is 2.28. The Kier molecular flexibility index (Phi) is 5.34. The molecule has 0 aromatic carbocycles. The van der Waals surface area contributed by atoms with E-state index in [9.17, 15) is 14.4 Å². The number of likely N-dealkylation sites (tertiary alicyclic amines) is 1. The van der Waals surface area contributed by atoms with Crippen LogP contribution in [0.15, 0.2) is 9.59 Å². The number of pyridine rings is 1. The highest BCUT2D eigenvalue weighted by molar-refractivity contribution is 5.95.